The molecule has 4 aromatic heterocycles. The Kier molecular flexibility index (Phi) is 3.71. The number of nitrogens with one attached hydrogen (secondary N) is 1. The van der Waals surface area contributed by atoms with Gasteiger partial charge in [0, 0.05) is 41.5 Å². The van der Waals surface area contributed by atoms with Gasteiger partial charge in [-0.3, -0.25) is 4.40 Å². The molecule has 0 spiro atoms. The maximum atomic E-state index is 13.1. The molecule has 1 N–H and O–H groups in total. The fourth-order valence-corrected chi connectivity index (χ4v) is 2.97. The van der Waals surface area contributed by atoms with E-state index in [0.29, 0.717) is 11.6 Å². The maximum Gasteiger partial charge on any atom is 0.280 e. The van der Waals surface area contributed by atoms with Crippen molar-refractivity contribution in [1.29, 1.82) is 0 Å². The fourth-order valence-electron chi connectivity index (χ4n) is 2.97. The van der Waals surface area contributed by atoms with Gasteiger partial charge in [0.25, 0.3) is 6.43 Å². The zero-order chi connectivity index (χ0) is 17.6. The van der Waals surface area contributed by atoms with E-state index in [0.717, 1.165) is 34.4 Å². The number of H-pyrrole nitrogens is 1. The van der Waals surface area contributed by atoms with Crippen LogP contribution in [0.5, 0.6) is 0 Å². The Morgan fingerprint density at radius 2 is 2.00 bits per heavy atom. The summed E-state index contributed by atoms with van der Waals surface area (Å²) in [6.07, 6.45) is 4.74. The van der Waals surface area contributed by atoms with Crippen LogP contribution in [0.4, 0.5) is 8.78 Å². The molecular formula is C18H17F2N5. The van der Waals surface area contributed by atoms with Crippen molar-refractivity contribution in [2.24, 2.45) is 5.92 Å². The van der Waals surface area contributed by atoms with Gasteiger partial charge in [-0.2, -0.15) is 0 Å². The van der Waals surface area contributed by atoms with E-state index < -0.39 is 6.43 Å². The van der Waals surface area contributed by atoms with Gasteiger partial charge in [0.15, 0.2) is 0 Å². The Morgan fingerprint density at radius 1 is 1.16 bits per heavy atom. The number of fused-ring (bicyclic) bond motifs is 2. The van der Waals surface area contributed by atoms with Crippen LogP contribution in [-0.4, -0.2) is 24.3 Å². The molecule has 0 aliphatic rings. The van der Waals surface area contributed by atoms with Crippen molar-refractivity contribution >= 4 is 16.7 Å². The van der Waals surface area contributed by atoms with Gasteiger partial charge in [0.1, 0.15) is 22.8 Å². The number of alkyl halides is 2. The van der Waals surface area contributed by atoms with Gasteiger partial charge in [-0.15, -0.1) is 0 Å². The SMILES string of the molecule is CC(C)Cc1ncc2c(-c3ccc4ncc(C(F)F)n4c3)c[nH]c2n1. The Morgan fingerprint density at radius 3 is 2.76 bits per heavy atom. The van der Waals surface area contributed by atoms with Crippen LogP contribution < -0.4 is 0 Å². The second-order valence-electron chi connectivity index (χ2n) is 6.48. The van der Waals surface area contributed by atoms with Crippen molar-refractivity contribution in [2.45, 2.75) is 26.7 Å². The standard InChI is InChI=1S/C18H17F2N5/c1-10(2)5-15-21-7-13-12(6-23-18(13)24-15)11-3-4-16-22-8-14(17(19)20)25(16)9-11/h3-4,6-10,17H,5H2,1-2H3,(H,21,23,24). The molecule has 0 radical (unpaired) electrons. The van der Waals surface area contributed by atoms with Crippen molar-refractivity contribution < 1.29 is 8.78 Å². The molecule has 0 amide bonds. The molecule has 4 rings (SSSR count). The molecule has 0 aliphatic heterocycles. The first-order valence-electron chi connectivity index (χ1n) is 8.11. The van der Waals surface area contributed by atoms with Crippen molar-refractivity contribution in [3.63, 3.8) is 0 Å². The van der Waals surface area contributed by atoms with Crippen LogP contribution in [0.15, 0.2) is 36.9 Å². The van der Waals surface area contributed by atoms with E-state index in [1.54, 1.807) is 18.5 Å². The summed E-state index contributed by atoms with van der Waals surface area (Å²) in [5, 5.41) is 0.866. The number of pyridine rings is 1. The molecule has 25 heavy (non-hydrogen) atoms. The summed E-state index contributed by atoms with van der Waals surface area (Å²) in [6, 6.07) is 3.59. The minimum atomic E-state index is -2.57. The molecule has 0 aliphatic carbocycles. The Hall–Kier alpha value is -2.83. The number of aromatic nitrogens is 5. The summed E-state index contributed by atoms with van der Waals surface area (Å²) < 4.78 is 27.7. The number of hydrogen-bond donors (Lipinski definition) is 1. The summed E-state index contributed by atoms with van der Waals surface area (Å²) in [5.74, 6) is 1.27. The number of rotatable bonds is 4. The molecule has 0 unspecified atom stereocenters. The van der Waals surface area contributed by atoms with Crippen LogP contribution in [0.3, 0.4) is 0 Å². The average molecular weight is 341 g/mol. The summed E-state index contributed by atoms with van der Waals surface area (Å²) in [7, 11) is 0. The van der Waals surface area contributed by atoms with E-state index >= 15 is 0 Å². The zero-order valence-corrected chi connectivity index (χ0v) is 13.9. The molecule has 0 aromatic carbocycles. The van der Waals surface area contributed by atoms with Crippen LogP contribution in [-0.2, 0) is 6.42 Å². The van der Waals surface area contributed by atoms with E-state index in [1.807, 2.05) is 12.3 Å². The molecule has 0 saturated carbocycles. The predicted molar refractivity (Wildman–Crippen MR) is 91.6 cm³/mol. The molecule has 7 heteroatoms. The van der Waals surface area contributed by atoms with Crippen LogP contribution in [0, 0.1) is 5.92 Å². The van der Waals surface area contributed by atoms with Gasteiger partial charge in [-0.25, -0.2) is 23.7 Å². The Balaban J connectivity index is 1.81. The molecule has 128 valence electrons. The van der Waals surface area contributed by atoms with Gasteiger partial charge in [-0.1, -0.05) is 13.8 Å². The van der Waals surface area contributed by atoms with E-state index in [9.17, 15) is 8.78 Å². The Bertz CT molecular complexity index is 1050. The fraction of sp³-hybridized carbons (Fsp3) is 0.278. The topological polar surface area (TPSA) is 58.9 Å². The van der Waals surface area contributed by atoms with E-state index in [1.165, 1.54) is 10.6 Å². The third-order valence-corrected chi connectivity index (χ3v) is 4.14. The lowest BCUT2D eigenvalue weighted by Gasteiger charge is -2.05. The molecule has 0 saturated heterocycles. The monoisotopic (exact) mass is 341 g/mol. The first kappa shape index (κ1) is 15.7. The van der Waals surface area contributed by atoms with E-state index in [2.05, 4.69) is 33.8 Å². The van der Waals surface area contributed by atoms with Crippen LogP contribution in [0.1, 0.15) is 31.8 Å². The second kappa shape index (κ2) is 5.91. The highest BCUT2D eigenvalue weighted by molar-refractivity contribution is 5.93. The third kappa shape index (κ3) is 2.75. The number of imidazole rings is 1. The van der Waals surface area contributed by atoms with Gasteiger partial charge in [-0.05, 0) is 18.1 Å². The van der Waals surface area contributed by atoms with Crippen LogP contribution >= 0.6 is 0 Å². The number of aromatic amines is 1. The summed E-state index contributed by atoms with van der Waals surface area (Å²) >= 11 is 0. The molecule has 0 atom stereocenters. The molecule has 4 heterocycles. The van der Waals surface area contributed by atoms with E-state index in [4.69, 9.17) is 0 Å². The molecule has 0 bridgehead atoms. The van der Waals surface area contributed by atoms with Crippen molar-refractivity contribution in [1.82, 2.24) is 24.3 Å². The Labute approximate surface area is 142 Å². The number of hydrogen-bond acceptors (Lipinski definition) is 3. The maximum absolute atomic E-state index is 13.1. The van der Waals surface area contributed by atoms with E-state index in [-0.39, 0.29) is 5.69 Å². The molecule has 4 aromatic rings. The summed E-state index contributed by atoms with van der Waals surface area (Å²) in [4.78, 5) is 16.2. The molecular weight excluding hydrogens is 324 g/mol. The van der Waals surface area contributed by atoms with Crippen molar-refractivity contribution in [3.8, 4) is 11.1 Å². The highest BCUT2D eigenvalue weighted by atomic mass is 19.3. The van der Waals surface area contributed by atoms with Crippen molar-refractivity contribution in [2.75, 3.05) is 0 Å². The van der Waals surface area contributed by atoms with Gasteiger partial charge < -0.3 is 4.98 Å². The molecule has 5 nitrogen and oxygen atoms in total. The lowest BCUT2D eigenvalue weighted by atomic mass is 10.1. The first-order valence-corrected chi connectivity index (χ1v) is 8.11. The highest BCUT2D eigenvalue weighted by Crippen LogP contribution is 2.29. The first-order chi connectivity index (χ1) is 12.0. The van der Waals surface area contributed by atoms with Gasteiger partial charge in [0.05, 0.1) is 6.20 Å². The lowest BCUT2D eigenvalue weighted by molar-refractivity contribution is 0.145. The highest BCUT2D eigenvalue weighted by Gasteiger charge is 2.15. The smallest absolute Gasteiger partial charge is 0.280 e. The summed E-state index contributed by atoms with van der Waals surface area (Å²) in [5.41, 5.74) is 2.81. The quantitative estimate of drug-likeness (QED) is 0.598. The summed E-state index contributed by atoms with van der Waals surface area (Å²) in [6.45, 7) is 4.24. The molecule has 0 fully saturated rings. The third-order valence-electron chi connectivity index (χ3n) is 4.14. The average Bonchev–Trinajstić information content (AvgIpc) is 3.16. The van der Waals surface area contributed by atoms with Crippen LogP contribution in [0.2, 0.25) is 0 Å². The largest absolute Gasteiger partial charge is 0.345 e. The number of halogens is 2. The van der Waals surface area contributed by atoms with Crippen molar-refractivity contribution in [3.05, 3.63) is 48.4 Å². The lowest BCUT2D eigenvalue weighted by Crippen LogP contribution is -2.00. The number of nitrogens with zero attached hydrogens (tertiary/aromatic N) is 4. The minimum Gasteiger partial charge on any atom is -0.345 e. The zero-order valence-electron chi connectivity index (χ0n) is 13.9. The van der Waals surface area contributed by atoms with Gasteiger partial charge in [0.2, 0.25) is 0 Å². The second-order valence-corrected chi connectivity index (χ2v) is 6.48. The van der Waals surface area contributed by atoms with Crippen LogP contribution in [0.25, 0.3) is 27.8 Å². The van der Waals surface area contributed by atoms with Gasteiger partial charge >= 0.3 is 0 Å². The normalized spacial score (nSPS) is 12.1. The predicted octanol–water partition coefficient (Wildman–Crippen LogP) is 4.41. The minimum absolute atomic E-state index is 0.118.